The molecule has 2 aromatic heterocycles. The van der Waals surface area contributed by atoms with Crippen LogP contribution < -0.4 is 15.9 Å². The zero-order valence-electron chi connectivity index (χ0n) is 20.0. The summed E-state index contributed by atoms with van der Waals surface area (Å²) in [7, 11) is -3.16. The maximum absolute atomic E-state index is 15.1. The standard InChI is InChI=1S/C31H26N3OP/c1-24(34-31(28-19-10-12-22-32-28)29-20-11-13-23-33-29)27-18-8-9-21-30(27)36(35,25-14-4-2-5-15-25)26-16-6-3-7-17-26/h2-24H,1H3/t24-/m0/s1. The van der Waals surface area contributed by atoms with E-state index in [0.717, 1.165) is 32.9 Å². The molecule has 0 N–H and O–H groups in total. The van der Waals surface area contributed by atoms with Crippen molar-refractivity contribution in [1.82, 2.24) is 9.97 Å². The zero-order chi connectivity index (χ0) is 24.8. The Labute approximate surface area is 211 Å². The first-order chi connectivity index (χ1) is 17.7. The lowest BCUT2D eigenvalue weighted by Gasteiger charge is -2.24. The molecule has 0 aliphatic heterocycles. The summed E-state index contributed by atoms with van der Waals surface area (Å²) < 4.78 is 15.1. The van der Waals surface area contributed by atoms with E-state index in [-0.39, 0.29) is 6.04 Å². The third-order valence-electron chi connectivity index (χ3n) is 6.10. The first-order valence-corrected chi connectivity index (χ1v) is 13.6. The quantitative estimate of drug-likeness (QED) is 0.218. The van der Waals surface area contributed by atoms with Crippen LogP contribution in [0.2, 0.25) is 0 Å². The van der Waals surface area contributed by atoms with E-state index >= 15 is 4.57 Å². The zero-order valence-corrected chi connectivity index (χ0v) is 20.9. The van der Waals surface area contributed by atoms with Crippen LogP contribution >= 0.6 is 7.14 Å². The minimum Gasteiger partial charge on any atom is -0.309 e. The second-order valence-electron chi connectivity index (χ2n) is 8.42. The van der Waals surface area contributed by atoms with E-state index in [1.54, 1.807) is 12.4 Å². The molecule has 0 saturated heterocycles. The number of benzene rings is 3. The van der Waals surface area contributed by atoms with Crippen molar-refractivity contribution in [2.24, 2.45) is 4.99 Å². The topological polar surface area (TPSA) is 55.2 Å². The van der Waals surface area contributed by atoms with Crippen molar-refractivity contribution in [2.75, 3.05) is 0 Å². The molecule has 3 aromatic carbocycles. The van der Waals surface area contributed by atoms with Gasteiger partial charge in [-0.25, -0.2) is 0 Å². The van der Waals surface area contributed by atoms with Gasteiger partial charge in [0, 0.05) is 28.3 Å². The fraction of sp³-hybridized carbons (Fsp3) is 0.0645. The highest BCUT2D eigenvalue weighted by molar-refractivity contribution is 7.85. The van der Waals surface area contributed by atoms with Crippen LogP contribution in [0.25, 0.3) is 0 Å². The second-order valence-corrected chi connectivity index (χ2v) is 11.2. The van der Waals surface area contributed by atoms with Gasteiger partial charge in [-0.3, -0.25) is 15.0 Å². The summed E-state index contributed by atoms with van der Waals surface area (Å²) in [6.45, 7) is 2.03. The minimum atomic E-state index is -3.16. The summed E-state index contributed by atoms with van der Waals surface area (Å²) in [5, 5.41) is 2.39. The van der Waals surface area contributed by atoms with Gasteiger partial charge in [-0.15, -0.1) is 0 Å². The Morgan fingerprint density at radius 2 is 1.11 bits per heavy atom. The Morgan fingerprint density at radius 1 is 0.639 bits per heavy atom. The van der Waals surface area contributed by atoms with Crippen LogP contribution in [0.15, 0.2) is 139 Å². The van der Waals surface area contributed by atoms with E-state index in [0.29, 0.717) is 5.71 Å². The summed E-state index contributed by atoms with van der Waals surface area (Å²) in [6.07, 6.45) is 3.51. The molecule has 36 heavy (non-hydrogen) atoms. The summed E-state index contributed by atoms with van der Waals surface area (Å²) in [5.74, 6) is 0. The maximum atomic E-state index is 15.1. The van der Waals surface area contributed by atoms with Gasteiger partial charge < -0.3 is 4.57 Å². The monoisotopic (exact) mass is 487 g/mol. The Hall–Kier alpha value is -4.14. The molecule has 0 aliphatic rings. The molecule has 2 heterocycles. The largest absolute Gasteiger partial charge is 0.309 e. The normalized spacial score (nSPS) is 12.0. The van der Waals surface area contributed by atoms with Gasteiger partial charge in [-0.1, -0.05) is 97.1 Å². The Morgan fingerprint density at radius 3 is 1.61 bits per heavy atom. The predicted octanol–water partition coefficient (Wildman–Crippen LogP) is 5.71. The third kappa shape index (κ3) is 4.68. The van der Waals surface area contributed by atoms with Crippen LogP contribution in [-0.2, 0) is 4.57 Å². The lowest BCUT2D eigenvalue weighted by atomic mass is 10.1. The Bertz CT molecular complexity index is 1420. The first-order valence-electron chi connectivity index (χ1n) is 11.9. The van der Waals surface area contributed by atoms with Crippen molar-refractivity contribution in [2.45, 2.75) is 13.0 Å². The predicted molar refractivity (Wildman–Crippen MR) is 148 cm³/mol. The number of nitrogens with zero attached hydrogens (tertiary/aromatic N) is 3. The highest BCUT2D eigenvalue weighted by atomic mass is 31.2. The van der Waals surface area contributed by atoms with Crippen molar-refractivity contribution in [3.8, 4) is 0 Å². The number of aromatic nitrogens is 2. The molecule has 176 valence electrons. The van der Waals surface area contributed by atoms with E-state index < -0.39 is 7.14 Å². The van der Waals surface area contributed by atoms with Crippen LogP contribution in [-0.4, -0.2) is 15.7 Å². The van der Waals surface area contributed by atoms with Crippen molar-refractivity contribution in [3.05, 3.63) is 151 Å². The number of hydrogen-bond acceptors (Lipinski definition) is 4. The van der Waals surface area contributed by atoms with Crippen molar-refractivity contribution in [1.29, 1.82) is 0 Å². The van der Waals surface area contributed by atoms with Gasteiger partial charge in [0.1, 0.15) is 5.71 Å². The average Bonchev–Trinajstić information content (AvgIpc) is 2.97. The average molecular weight is 488 g/mol. The van der Waals surface area contributed by atoms with Crippen LogP contribution in [0.4, 0.5) is 0 Å². The first kappa shape index (κ1) is 23.6. The maximum Gasteiger partial charge on any atom is 0.171 e. The van der Waals surface area contributed by atoms with Gasteiger partial charge in [0.2, 0.25) is 0 Å². The van der Waals surface area contributed by atoms with Crippen LogP contribution in [0.5, 0.6) is 0 Å². The molecule has 5 rings (SSSR count). The van der Waals surface area contributed by atoms with Crippen LogP contribution in [0, 0.1) is 0 Å². The number of aliphatic imine (C=N–C) groups is 1. The molecule has 0 radical (unpaired) electrons. The molecule has 0 amide bonds. The Kier molecular flexibility index (Phi) is 6.97. The second kappa shape index (κ2) is 10.6. The lowest BCUT2D eigenvalue weighted by Crippen LogP contribution is -2.28. The fourth-order valence-electron chi connectivity index (χ4n) is 4.36. The van der Waals surface area contributed by atoms with Gasteiger partial charge in [0.15, 0.2) is 7.14 Å². The molecular weight excluding hydrogens is 461 g/mol. The highest BCUT2D eigenvalue weighted by Gasteiger charge is 2.32. The molecule has 0 aliphatic carbocycles. The molecule has 5 heteroatoms. The molecular formula is C31H26N3OP. The van der Waals surface area contributed by atoms with Crippen molar-refractivity contribution in [3.63, 3.8) is 0 Å². The number of pyridine rings is 2. The summed E-state index contributed by atoms with van der Waals surface area (Å²) in [6, 6.07) is 38.6. The van der Waals surface area contributed by atoms with Gasteiger partial charge >= 0.3 is 0 Å². The van der Waals surface area contributed by atoms with Gasteiger partial charge in [-0.2, -0.15) is 0 Å². The van der Waals surface area contributed by atoms with E-state index in [1.165, 1.54) is 0 Å². The van der Waals surface area contributed by atoms with Gasteiger partial charge in [-0.05, 0) is 36.8 Å². The summed E-state index contributed by atoms with van der Waals surface area (Å²) in [4.78, 5) is 14.2. The minimum absolute atomic E-state index is 0.291. The van der Waals surface area contributed by atoms with Gasteiger partial charge in [0.05, 0.1) is 17.4 Å². The van der Waals surface area contributed by atoms with E-state index in [4.69, 9.17) is 4.99 Å². The number of rotatable bonds is 7. The summed E-state index contributed by atoms with van der Waals surface area (Å²) >= 11 is 0. The van der Waals surface area contributed by atoms with E-state index in [2.05, 4.69) is 9.97 Å². The smallest absolute Gasteiger partial charge is 0.171 e. The highest BCUT2D eigenvalue weighted by Crippen LogP contribution is 2.44. The van der Waals surface area contributed by atoms with Crippen LogP contribution in [0.1, 0.15) is 29.9 Å². The fourth-order valence-corrected chi connectivity index (χ4v) is 7.32. The molecule has 0 saturated carbocycles. The summed E-state index contributed by atoms with van der Waals surface area (Å²) in [5.41, 5.74) is 3.11. The van der Waals surface area contributed by atoms with Crippen molar-refractivity contribution >= 4 is 28.8 Å². The number of hydrogen-bond donors (Lipinski definition) is 0. The third-order valence-corrected chi connectivity index (χ3v) is 9.24. The molecule has 0 fully saturated rings. The molecule has 4 nitrogen and oxygen atoms in total. The molecule has 0 spiro atoms. The molecule has 0 unspecified atom stereocenters. The molecule has 0 bridgehead atoms. The van der Waals surface area contributed by atoms with E-state index in [1.807, 2.05) is 128 Å². The van der Waals surface area contributed by atoms with Crippen molar-refractivity contribution < 1.29 is 4.57 Å². The van der Waals surface area contributed by atoms with Gasteiger partial charge in [0.25, 0.3) is 0 Å². The SMILES string of the molecule is C[C@H](N=C(c1ccccn1)c1ccccn1)c1ccccc1P(=O)(c1ccccc1)c1ccccc1. The molecule has 5 aromatic rings. The molecule has 1 atom stereocenters. The lowest BCUT2D eigenvalue weighted by molar-refractivity contribution is 0.592. The van der Waals surface area contributed by atoms with Crippen LogP contribution in [0.3, 0.4) is 0 Å². The Balaban J connectivity index is 1.69. The van der Waals surface area contributed by atoms with E-state index in [9.17, 15) is 0 Å².